The van der Waals surface area contributed by atoms with E-state index in [9.17, 15) is 10.1 Å². The van der Waals surface area contributed by atoms with Crippen molar-refractivity contribution in [2.75, 3.05) is 19.8 Å². The summed E-state index contributed by atoms with van der Waals surface area (Å²) in [6, 6.07) is 4.98. The molecule has 0 amide bonds. The molecule has 1 aliphatic heterocycles. The molecule has 1 atom stereocenters. The van der Waals surface area contributed by atoms with E-state index in [1.165, 1.54) is 6.07 Å². The lowest BCUT2D eigenvalue weighted by Crippen LogP contribution is -2.17. The Morgan fingerprint density at radius 3 is 3.05 bits per heavy atom. The van der Waals surface area contributed by atoms with Crippen LogP contribution in [0.25, 0.3) is 0 Å². The van der Waals surface area contributed by atoms with Crippen LogP contribution in [0, 0.1) is 10.1 Å². The van der Waals surface area contributed by atoms with E-state index in [1.807, 2.05) is 6.92 Å². The van der Waals surface area contributed by atoms with Gasteiger partial charge in [-0.3, -0.25) is 10.1 Å². The third-order valence-electron chi connectivity index (χ3n) is 2.98. The molecule has 0 saturated carbocycles. The molecule has 1 fully saturated rings. The van der Waals surface area contributed by atoms with Crippen LogP contribution in [0.3, 0.4) is 0 Å². The molecule has 6 heteroatoms. The Kier molecular flexibility index (Phi) is 4.70. The van der Waals surface area contributed by atoms with Gasteiger partial charge < -0.3 is 14.8 Å². The van der Waals surface area contributed by atoms with E-state index in [2.05, 4.69) is 5.32 Å². The maximum atomic E-state index is 11.0. The van der Waals surface area contributed by atoms with Crippen molar-refractivity contribution >= 4 is 5.69 Å². The molecule has 6 nitrogen and oxygen atoms in total. The van der Waals surface area contributed by atoms with E-state index < -0.39 is 4.92 Å². The first-order valence-corrected chi connectivity index (χ1v) is 6.43. The minimum absolute atomic E-state index is 0.00662. The highest BCUT2D eigenvalue weighted by molar-refractivity contribution is 5.48. The van der Waals surface area contributed by atoms with Crippen LogP contribution in [0.2, 0.25) is 0 Å². The van der Waals surface area contributed by atoms with Crippen LogP contribution < -0.4 is 10.1 Å². The van der Waals surface area contributed by atoms with Gasteiger partial charge in [0.2, 0.25) is 0 Å². The Hall–Kier alpha value is -1.66. The molecule has 1 saturated heterocycles. The van der Waals surface area contributed by atoms with E-state index in [4.69, 9.17) is 9.47 Å². The normalized spacial score (nSPS) is 18.5. The standard InChI is InChI=1S/C13H18N2O4/c1-2-14-8-10-3-4-12(15(16)17)13(7-10)19-11-5-6-18-9-11/h3-4,7,11,14H,2,5-6,8-9H2,1H3. The zero-order chi connectivity index (χ0) is 13.7. The predicted octanol–water partition coefficient (Wildman–Crippen LogP) is 1.87. The van der Waals surface area contributed by atoms with Crippen LogP contribution in [-0.4, -0.2) is 30.8 Å². The molecule has 0 bridgehead atoms. The smallest absolute Gasteiger partial charge is 0.310 e. The molecule has 2 rings (SSSR count). The number of hydrogen-bond acceptors (Lipinski definition) is 5. The van der Waals surface area contributed by atoms with Gasteiger partial charge in [0, 0.05) is 19.0 Å². The minimum atomic E-state index is -0.415. The average Bonchev–Trinajstić information content (AvgIpc) is 2.89. The molecule has 1 heterocycles. The van der Waals surface area contributed by atoms with Crippen molar-refractivity contribution in [3.63, 3.8) is 0 Å². The zero-order valence-electron chi connectivity index (χ0n) is 10.9. The largest absolute Gasteiger partial charge is 0.481 e. The number of nitrogens with zero attached hydrogens (tertiary/aromatic N) is 1. The van der Waals surface area contributed by atoms with E-state index in [1.54, 1.807) is 12.1 Å². The molecule has 1 aromatic rings. The van der Waals surface area contributed by atoms with E-state index in [0.717, 1.165) is 18.5 Å². The molecule has 0 aromatic heterocycles. The first-order valence-electron chi connectivity index (χ1n) is 6.43. The van der Waals surface area contributed by atoms with Gasteiger partial charge in [-0.15, -0.1) is 0 Å². The third kappa shape index (κ3) is 3.65. The van der Waals surface area contributed by atoms with Gasteiger partial charge in [0.25, 0.3) is 0 Å². The summed E-state index contributed by atoms with van der Waals surface area (Å²) in [6.07, 6.45) is 0.683. The number of ether oxygens (including phenoxy) is 2. The van der Waals surface area contributed by atoms with Crippen molar-refractivity contribution in [3.05, 3.63) is 33.9 Å². The Labute approximate surface area is 111 Å². The van der Waals surface area contributed by atoms with Crippen molar-refractivity contribution in [1.82, 2.24) is 5.32 Å². The molecule has 0 radical (unpaired) electrons. The second-order valence-corrected chi connectivity index (χ2v) is 4.44. The van der Waals surface area contributed by atoms with Crippen LogP contribution in [0.5, 0.6) is 5.75 Å². The van der Waals surface area contributed by atoms with Gasteiger partial charge in [-0.2, -0.15) is 0 Å². The number of nitro groups is 1. The predicted molar refractivity (Wildman–Crippen MR) is 70.3 cm³/mol. The highest BCUT2D eigenvalue weighted by Gasteiger charge is 2.22. The summed E-state index contributed by atoms with van der Waals surface area (Å²) in [6.45, 7) is 4.68. The number of rotatable bonds is 6. The number of hydrogen-bond donors (Lipinski definition) is 1. The van der Waals surface area contributed by atoms with Gasteiger partial charge in [-0.05, 0) is 18.2 Å². The van der Waals surface area contributed by atoms with E-state index >= 15 is 0 Å². The highest BCUT2D eigenvalue weighted by atomic mass is 16.6. The Balaban J connectivity index is 2.17. The van der Waals surface area contributed by atoms with Gasteiger partial charge in [0.1, 0.15) is 6.10 Å². The van der Waals surface area contributed by atoms with E-state index in [-0.39, 0.29) is 11.8 Å². The van der Waals surface area contributed by atoms with Crippen LogP contribution in [0.4, 0.5) is 5.69 Å². The van der Waals surface area contributed by atoms with Crippen LogP contribution >= 0.6 is 0 Å². The molecule has 19 heavy (non-hydrogen) atoms. The summed E-state index contributed by atoms with van der Waals surface area (Å²) in [5.41, 5.74) is 0.980. The first-order chi connectivity index (χ1) is 9.20. The van der Waals surface area contributed by atoms with Crippen molar-refractivity contribution in [2.24, 2.45) is 0 Å². The summed E-state index contributed by atoms with van der Waals surface area (Å²) in [5, 5.41) is 14.2. The lowest BCUT2D eigenvalue weighted by atomic mass is 10.2. The second kappa shape index (κ2) is 6.49. The van der Waals surface area contributed by atoms with Crippen molar-refractivity contribution in [3.8, 4) is 5.75 Å². The van der Waals surface area contributed by atoms with Crippen LogP contribution in [0.1, 0.15) is 18.9 Å². The fourth-order valence-corrected chi connectivity index (χ4v) is 1.97. The summed E-state index contributed by atoms with van der Waals surface area (Å²) < 4.78 is 10.9. The quantitative estimate of drug-likeness (QED) is 0.628. The molecule has 0 spiro atoms. The maximum absolute atomic E-state index is 11.0. The molecule has 1 unspecified atom stereocenters. The fraction of sp³-hybridized carbons (Fsp3) is 0.538. The number of benzene rings is 1. The van der Waals surface area contributed by atoms with Crippen LogP contribution in [-0.2, 0) is 11.3 Å². The van der Waals surface area contributed by atoms with Crippen molar-refractivity contribution < 1.29 is 14.4 Å². The summed E-state index contributed by atoms with van der Waals surface area (Å²) in [4.78, 5) is 10.6. The molecule has 1 aliphatic rings. The lowest BCUT2D eigenvalue weighted by Gasteiger charge is -2.13. The second-order valence-electron chi connectivity index (χ2n) is 4.44. The summed E-state index contributed by atoms with van der Waals surface area (Å²) in [7, 11) is 0. The first kappa shape index (κ1) is 13.8. The lowest BCUT2D eigenvalue weighted by molar-refractivity contribution is -0.386. The van der Waals surface area contributed by atoms with Crippen molar-refractivity contribution in [2.45, 2.75) is 26.0 Å². The van der Waals surface area contributed by atoms with Gasteiger partial charge in [-0.25, -0.2) is 0 Å². The zero-order valence-corrected chi connectivity index (χ0v) is 10.9. The highest BCUT2D eigenvalue weighted by Crippen LogP contribution is 2.30. The SMILES string of the molecule is CCNCc1ccc([N+](=O)[O-])c(OC2CCOC2)c1. The fourth-order valence-electron chi connectivity index (χ4n) is 1.97. The molecular formula is C13H18N2O4. The van der Waals surface area contributed by atoms with Gasteiger partial charge >= 0.3 is 5.69 Å². The summed E-state index contributed by atoms with van der Waals surface area (Å²) >= 11 is 0. The van der Waals surface area contributed by atoms with Gasteiger partial charge in [-0.1, -0.05) is 13.0 Å². The molecule has 0 aliphatic carbocycles. The third-order valence-corrected chi connectivity index (χ3v) is 2.98. The Morgan fingerprint density at radius 2 is 2.42 bits per heavy atom. The number of nitro benzene ring substituents is 1. The maximum Gasteiger partial charge on any atom is 0.310 e. The Bertz CT molecular complexity index is 444. The summed E-state index contributed by atoms with van der Waals surface area (Å²) in [5.74, 6) is 0.330. The van der Waals surface area contributed by atoms with Gasteiger partial charge in [0.05, 0.1) is 18.1 Å². The Morgan fingerprint density at radius 1 is 1.58 bits per heavy atom. The number of nitrogens with one attached hydrogen (secondary N) is 1. The van der Waals surface area contributed by atoms with Crippen molar-refractivity contribution in [1.29, 1.82) is 0 Å². The van der Waals surface area contributed by atoms with Gasteiger partial charge in [0.15, 0.2) is 5.75 Å². The molecule has 1 N–H and O–H groups in total. The monoisotopic (exact) mass is 266 g/mol. The molecule has 104 valence electrons. The molecule has 1 aromatic carbocycles. The molecular weight excluding hydrogens is 248 g/mol. The average molecular weight is 266 g/mol. The van der Waals surface area contributed by atoms with Crippen LogP contribution in [0.15, 0.2) is 18.2 Å². The topological polar surface area (TPSA) is 73.6 Å². The minimum Gasteiger partial charge on any atom is -0.481 e. The van der Waals surface area contributed by atoms with E-state index in [0.29, 0.717) is 25.5 Å².